The van der Waals surface area contributed by atoms with Gasteiger partial charge in [0, 0.05) is 17.7 Å². The van der Waals surface area contributed by atoms with Crippen molar-refractivity contribution in [3.63, 3.8) is 0 Å². The van der Waals surface area contributed by atoms with E-state index in [1.165, 1.54) is 0 Å². The Balaban J connectivity index is 1.53. The summed E-state index contributed by atoms with van der Waals surface area (Å²) in [6, 6.07) is 26.7. The van der Waals surface area contributed by atoms with Crippen LogP contribution < -0.4 is 5.73 Å². The number of hydrogen-bond acceptors (Lipinski definition) is 4. The van der Waals surface area contributed by atoms with Gasteiger partial charge in [-0.05, 0) is 65.4 Å². The Morgan fingerprint density at radius 1 is 0.889 bits per heavy atom. The normalized spacial score (nSPS) is 11.8. The second-order valence-corrected chi connectivity index (χ2v) is 9.03. The topological polar surface area (TPSA) is 89.3 Å². The molecule has 5 rings (SSSR count). The lowest BCUT2D eigenvalue weighted by Gasteiger charge is -2.13. The zero-order chi connectivity index (χ0) is 25.2. The highest BCUT2D eigenvalue weighted by molar-refractivity contribution is 6.04. The minimum Gasteiger partial charge on any atom is -0.409 e. The van der Waals surface area contributed by atoms with E-state index >= 15 is 0 Å². The largest absolute Gasteiger partial charge is 0.409 e. The first kappa shape index (κ1) is 23.3. The lowest BCUT2D eigenvalue weighted by molar-refractivity contribution is 0.318. The maximum atomic E-state index is 9.36. The van der Waals surface area contributed by atoms with E-state index in [-0.39, 0.29) is 5.84 Å². The molecule has 0 atom stereocenters. The third kappa shape index (κ3) is 4.33. The summed E-state index contributed by atoms with van der Waals surface area (Å²) in [5, 5.41) is 12.6. The van der Waals surface area contributed by atoms with Crippen molar-refractivity contribution in [1.82, 2.24) is 14.5 Å². The summed E-state index contributed by atoms with van der Waals surface area (Å²) in [6.07, 6.45) is 0.836. The summed E-state index contributed by atoms with van der Waals surface area (Å²) in [4.78, 5) is 9.66. The lowest BCUT2D eigenvalue weighted by atomic mass is 9.93. The highest BCUT2D eigenvalue weighted by Gasteiger charge is 2.15. The van der Waals surface area contributed by atoms with Gasteiger partial charge in [0.25, 0.3) is 0 Å². The van der Waals surface area contributed by atoms with Crippen LogP contribution in [0.25, 0.3) is 33.4 Å². The Morgan fingerprint density at radius 2 is 1.61 bits per heavy atom. The van der Waals surface area contributed by atoms with Crippen LogP contribution in [0.1, 0.15) is 35.1 Å². The number of hydrogen-bond donors (Lipinski definition) is 2. The first-order valence-corrected chi connectivity index (χ1v) is 12.1. The number of nitrogens with zero attached hydrogens (tertiary/aromatic N) is 4. The van der Waals surface area contributed by atoms with Gasteiger partial charge in [0.05, 0.1) is 6.54 Å². The Bertz CT molecular complexity index is 1570. The van der Waals surface area contributed by atoms with Crippen LogP contribution in [0.5, 0.6) is 0 Å². The van der Waals surface area contributed by atoms with Gasteiger partial charge in [0.15, 0.2) is 11.5 Å². The first-order chi connectivity index (χ1) is 17.5. The van der Waals surface area contributed by atoms with Crippen LogP contribution in [-0.2, 0) is 13.0 Å². The molecule has 3 N–H and O–H groups in total. The molecule has 2 heterocycles. The summed E-state index contributed by atoms with van der Waals surface area (Å²) in [5.41, 5.74) is 16.0. The second kappa shape index (κ2) is 9.66. The van der Waals surface area contributed by atoms with Gasteiger partial charge in [-0.3, -0.25) is 0 Å². The van der Waals surface area contributed by atoms with E-state index in [4.69, 9.17) is 15.7 Å². The Morgan fingerprint density at radius 3 is 2.31 bits per heavy atom. The van der Waals surface area contributed by atoms with Crippen molar-refractivity contribution < 1.29 is 5.21 Å². The summed E-state index contributed by atoms with van der Waals surface area (Å²) in [6.45, 7) is 6.92. The monoisotopic (exact) mass is 475 g/mol. The molecule has 36 heavy (non-hydrogen) atoms. The van der Waals surface area contributed by atoms with Gasteiger partial charge >= 0.3 is 0 Å². The number of imidazole rings is 1. The minimum atomic E-state index is 0.0861. The maximum absolute atomic E-state index is 9.36. The van der Waals surface area contributed by atoms with Gasteiger partial charge < -0.3 is 15.5 Å². The maximum Gasteiger partial charge on any atom is 0.170 e. The zero-order valence-corrected chi connectivity index (χ0v) is 20.7. The molecular weight excluding hydrogens is 446 g/mol. The highest BCUT2D eigenvalue weighted by Crippen LogP contribution is 2.30. The van der Waals surface area contributed by atoms with Gasteiger partial charge in [-0.2, -0.15) is 0 Å². The predicted octanol–water partition coefficient (Wildman–Crippen LogP) is 6.09. The standard InChI is InChI=1S/C30H29N5O/c1-4-27-33-28-19(2)16-20(3)32-30(28)35(27)18-21-10-12-23(13-11-21)26-17-24(22-8-6-5-7-9-22)14-15-25(26)29(31)34-36/h5-17,36H,4,18H2,1-3H3,(H2,31,34). The van der Waals surface area contributed by atoms with E-state index in [9.17, 15) is 5.21 Å². The molecule has 0 unspecified atom stereocenters. The number of fused-ring (bicyclic) bond motifs is 1. The summed E-state index contributed by atoms with van der Waals surface area (Å²) in [7, 11) is 0. The van der Waals surface area contributed by atoms with Crippen molar-refractivity contribution in [2.75, 3.05) is 0 Å². The lowest BCUT2D eigenvalue weighted by Crippen LogP contribution is -2.14. The van der Waals surface area contributed by atoms with Gasteiger partial charge in [-0.15, -0.1) is 0 Å². The van der Waals surface area contributed by atoms with Crippen LogP contribution in [0.2, 0.25) is 0 Å². The molecule has 2 aromatic heterocycles. The molecule has 6 nitrogen and oxygen atoms in total. The molecule has 0 radical (unpaired) electrons. The van der Waals surface area contributed by atoms with Crippen molar-refractivity contribution in [2.24, 2.45) is 10.9 Å². The minimum absolute atomic E-state index is 0.0861. The molecule has 6 heteroatoms. The van der Waals surface area contributed by atoms with Gasteiger partial charge in [0.1, 0.15) is 11.3 Å². The highest BCUT2D eigenvalue weighted by atomic mass is 16.4. The average Bonchev–Trinajstić information content (AvgIpc) is 3.26. The van der Waals surface area contributed by atoms with Crippen LogP contribution in [0, 0.1) is 13.8 Å². The van der Waals surface area contributed by atoms with Crippen molar-refractivity contribution >= 4 is 17.0 Å². The fourth-order valence-corrected chi connectivity index (χ4v) is 4.73. The van der Waals surface area contributed by atoms with E-state index in [0.717, 1.165) is 62.5 Å². The molecule has 0 aliphatic carbocycles. The third-order valence-corrected chi connectivity index (χ3v) is 6.53. The molecule has 0 aliphatic rings. The SMILES string of the molecule is CCc1nc2c(C)cc(C)nc2n1Cc1ccc(-c2cc(-c3ccccc3)ccc2/C(N)=N/O)cc1. The molecule has 0 amide bonds. The van der Waals surface area contributed by atoms with Crippen LogP contribution in [0.15, 0.2) is 84.0 Å². The Labute approximate surface area is 210 Å². The Kier molecular flexibility index (Phi) is 6.25. The molecule has 0 fully saturated rings. The fourth-order valence-electron chi connectivity index (χ4n) is 4.73. The van der Waals surface area contributed by atoms with E-state index in [1.54, 1.807) is 0 Å². The predicted molar refractivity (Wildman–Crippen MR) is 145 cm³/mol. The van der Waals surface area contributed by atoms with E-state index in [2.05, 4.69) is 72.1 Å². The average molecular weight is 476 g/mol. The van der Waals surface area contributed by atoms with E-state index in [1.807, 2.05) is 37.3 Å². The van der Waals surface area contributed by atoms with E-state index < -0.39 is 0 Å². The van der Waals surface area contributed by atoms with E-state index in [0.29, 0.717) is 12.1 Å². The van der Waals surface area contributed by atoms with Crippen molar-refractivity contribution in [1.29, 1.82) is 0 Å². The second-order valence-electron chi connectivity index (χ2n) is 9.03. The first-order valence-electron chi connectivity index (χ1n) is 12.1. The number of nitrogens with two attached hydrogens (primary N) is 1. The quantitative estimate of drug-likeness (QED) is 0.135. The van der Waals surface area contributed by atoms with Gasteiger partial charge in [-0.1, -0.05) is 72.7 Å². The molecule has 0 saturated carbocycles. The van der Waals surface area contributed by atoms with Crippen molar-refractivity contribution in [2.45, 2.75) is 33.7 Å². The third-order valence-electron chi connectivity index (χ3n) is 6.53. The molecule has 3 aromatic carbocycles. The molecule has 5 aromatic rings. The van der Waals surface area contributed by atoms with Crippen molar-refractivity contribution in [3.8, 4) is 22.3 Å². The number of oxime groups is 1. The number of benzene rings is 3. The van der Waals surface area contributed by atoms with Gasteiger partial charge in [-0.25, -0.2) is 9.97 Å². The number of pyridine rings is 1. The zero-order valence-electron chi connectivity index (χ0n) is 20.7. The number of aryl methyl sites for hydroxylation is 3. The molecule has 0 spiro atoms. The number of aromatic nitrogens is 3. The Hall–Kier alpha value is -4.45. The smallest absolute Gasteiger partial charge is 0.170 e. The fraction of sp³-hybridized carbons (Fsp3) is 0.167. The summed E-state index contributed by atoms with van der Waals surface area (Å²) < 4.78 is 2.21. The molecular formula is C30H29N5O. The molecule has 180 valence electrons. The van der Waals surface area contributed by atoms with Gasteiger partial charge in [0.2, 0.25) is 0 Å². The summed E-state index contributed by atoms with van der Waals surface area (Å²) in [5.74, 6) is 1.11. The van der Waals surface area contributed by atoms with Crippen LogP contribution in [-0.4, -0.2) is 25.6 Å². The van der Waals surface area contributed by atoms with Crippen LogP contribution in [0.3, 0.4) is 0 Å². The van der Waals surface area contributed by atoms with Crippen LogP contribution in [0.4, 0.5) is 0 Å². The molecule has 0 aliphatic heterocycles. The number of amidine groups is 1. The molecule has 0 saturated heterocycles. The number of rotatable bonds is 6. The van der Waals surface area contributed by atoms with Crippen LogP contribution >= 0.6 is 0 Å². The molecule has 0 bridgehead atoms. The summed E-state index contributed by atoms with van der Waals surface area (Å²) >= 11 is 0. The van der Waals surface area contributed by atoms with Crippen molar-refractivity contribution in [3.05, 3.63) is 107 Å².